The normalized spacial score (nSPS) is 19.8. The molecule has 0 bridgehead atoms. The second kappa shape index (κ2) is 8.21. The first-order chi connectivity index (χ1) is 12.6. The molecule has 1 N–H and O–H groups in total. The number of hydrogen-bond acceptors (Lipinski definition) is 3. The van der Waals surface area contributed by atoms with Gasteiger partial charge in [-0.2, -0.15) is 0 Å². The van der Waals surface area contributed by atoms with Gasteiger partial charge in [0.25, 0.3) is 0 Å². The molecule has 7 nitrogen and oxygen atoms in total. The van der Waals surface area contributed by atoms with E-state index < -0.39 is 0 Å². The summed E-state index contributed by atoms with van der Waals surface area (Å²) >= 11 is 0. The SMILES string of the molecule is C/C=C\C1=C(CC)NC(=O)N(C2CCN(C(=O)n3ccnc3)CC2)CC1. The van der Waals surface area contributed by atoms with Crippen LogP contribution in [0, 0.1) is 0 Å². The van der Waals surface area contributed by atoms with Crippen molar-refractivity contribution in [2.75, 3.05) is 19.6 Å². The quantitative estimate of drug-likeness (QED) is 0.904. The van der Waals surface area contributed by atoms with Gasteiger partial charge in [-0.1, -0.05) is 19.1 Å². The predicted octanol–water partition coefficient (Wildman–Crippen LogP) is 2.97. The van der Waals surface area contributed by atoms with E-state index in [0.29, 0.717) is 13.1 Å². The molecule has 7 heteroatoms. The van der Waals surface area contributed by atoms with Crippen molar-refractivity contribution in [3.8, 4) is 0 Å². The molecule has 0 radical (unpaired) electrons. The van der Waals surface area contributed by atoms with E-state index in [4.69, 9.17) is 0 Å². The number of rotatable bonds is 3. The number of carbonyl (C=O) groups excluding carboxylic acids is 2. The monoisotopic (exact) mass is 357 g/mol. The smallest absolute Gasteiger partial charge is 0.324 e. The minimum atomic E-state index is -0.0495. The number of aromatic nitrogens is 2. The van der Waals surface area contributed by atoms with Gasteiger partial charge in [-0.05, 0) is 38.2 Å². The summed E-state index contributed by atoms with van der Waals surface area (Å²) in [5, 5.41) is 3.09. The fraction of sp³-hybridized carbons (Fsp3) is 0.526. The molecule has 140 valence electrons. The van der Waals surface area contributed by atoms with Crippen molar-refractivity contribution >= 4 is 12.1 Å². The van der Waals surface area contributed by atoms with Gasteiger partial charge in [0.15, 0.2) is 0 Å². The average molecular weight is 357 g/mol. The average Bonchev–Trinajstić information content (AvgIpc) is 3.15. The molecule has 1 aromatic rings. The zero-order valence-corrected chi connectivity index (χ0v) is 15.5. The molecule has 2 aliphatic rings. The van der Waals surface area contributed by atoms with E-state index in [1.54, 1.807) is 12.4 Å². The van der Waals surface area contributed by atoms with E-state index in [1.807, 2.05) is 22.8 Å². The lowest BCUT2D eigenvalue weighted by Gasteiger charge is -2.37. The Kier molecular flexibility index (Phi) is 5.75. The molecule has 1 fully saturated rings. The molecule has 0 aromatic carbocycles. The summed E-state index contributed by atoms with van der Waals surface area (Å²) in [6.07, 6.45) is 12.2. The number of likely N-dealkylation sites (tertiary alicyclic amines) is 1. The highest BCUT2D eigenvalue weighted by atomic mass is 16.2. The zero-order chi connectivity index (χ0) is 18.5. The number of amides is 3. The summed E-state index contributed by atoms with van der Waals surface area (Å²) in [7, 11) is 0. The third kappa shape index (κ3) is 3.81. The lowest BCUT2D eigenvalue weighted by Crippen LogP contribution is -2.51. The number of urea groups is 1. The molecule has 1 saturated heterocycles. The summed E-state index contributed by atoms with van der Waals surface area (Å²) in [4.78, 5) is 32.8. The fourth-order valence-electron chi connectivity index (χ4n) is 3.73. The summed E-state index contributed by atoms with van der Waals surface area (Å²) in [5.74, 6) is 0. The van der Waals surface area contributed by atoms with Crippen molar-refractivity contribution in [3.05, 3.63) is 42.1 Å². The molecule has 3 rings (SSSR count). The number of imidazole rings is 1. The van der Waals surface area contributed by atoms with E-state index >= 15 is 0 Å². The van der Waals surface area contributed by atoms with Crippen LogP contribution in [0.1, 0.15) is 39.5 Å². The number of nitrogens with zero attached hydrogens (tertiary/aromatic N) is 4. The summed E-state index contributed by atoms with van der Waals surface area (Å²) in [6, 6.07) is 0.109. The van der Waals surface area contributed by atoms with Crippen molar-refractivity contribution in [2.45, 2.75) is 45.6 Å². The number of piperidine rings is 1. The van der Waals surface area contributed by atoms with Gasteiger partial charge in [0.1, 0.15) is 6.33 Å². The molecule has 2 aliphatic heterocycles. The molecule has 0 atom stereocenters. The lowest BCUT2D eigenvalue weighted by atomic mass is 10.0. The molecule has 0 unspecified atom stereocenters. The van der Waals surface area contributed by atoms with Crippen molar-refractivity contribution < 1.29 is 9.59 Å². The Morgan fingerprint density at radius 1 is 1.35 bits per heavy atom. The molecule has 0 aliphatic carbocycles. The van der Waals surface area contributed by atoms with E-state index in [1.165, 1.54) is 16.5 Å². The van der Waals surface area contributed by atoms with E-state index in [0.717, 1.165) is 37.9 Å². The zero-order valence-electron chi connectivity index (χ0n) is 15.5. The Bertz CT molecular complexity index is 700. The van der Waals surface area contributed by atoms with E-state index in [-0.39, 0.29) is 18.1 Å². The maximum absolute atomic E-state index is 12.7. The molecule has 1 aromatic heterocycles. The number of nitrogens with one attached hydrogen (secondary N) is 1. The van der Waals surface area contributed by atoms with Crippen LogP contribution in [0.25, 0.3) is 0 Å². The van der Waals surface area contributed by atoms with Crippen LogP contribution in [0.15, 0.2) is 42.1 Å². The largest absolute Gasteiger partial charge is 0.329 e. The minimum Gasteiger partial charge on any atom is -0.324 e. The van der Waals surface area contributed by atoms with Gasteiger partial charge in [0.05, 0.1) is 0 Å². The van der Waals surface area contributed by atoms with Crippen LogP contribution in [-0.4, -0.2) is 57.1 Å². The minimum absolute atomic E-state index is 0.0132. The first-order valence-corrected chi connectivity index (χ1v) is 9.33. The maximum atomic E-state index is 12.7. The van der Waals surface area contributed by atoms with Crippen LogP contribution < -0.4 is 5.32 Å². The predicted molar refractivity (Wildman–Crippen MR) is 99.6 cm³/mol. The van der Waals surface area contributed by atoms with Gasteiger partial charge in [-0.3, -0.25) is 4.57 Å². The molecule has 0 saturated carbocycles. The summed E-state index contributed by atoms with van der Waals surface area (Å²) < 4.78 is 1.50. The van der Waals surface area contributed by atoms with Crippen molar-refractivity contribution in [3.63, 3.8) is 0 Å². The fourth-order valence-corrected chi connectivity index (χ4v) is 3.73. The molecule has 26 heavy (non-hydrogen) atoms. The highest BCUT2D eigenvalue weighted by molar-refractivity contribution is 5.78. The van der Waals surface area contributed by atoms with Crippen LogP contribution >= 0.6 is 0 Å². The van der Waals surface area contributed by atoms with Crippen LogP contribution in [-0.2, 0) is 0 Å². The highest BCUT2D eigenvalue weighted by Crippen LogP contribution is 2.23. The van der Waals surface area contributed by atoms with E-state index in [2.05, 4.69) is 23.3 Å². The maximum Gasteiger partial charge on any atom is 0.329 e. The first-order valence-electron chi connectivity index (χ1n) is 9.33. The van der Waals surface area contributed by atoms with Gasteiger partial charge in [0, 0.05) is 43.8 Å². The topological polar surface area (TPSA) is 70.5 Å². The molecule has 3 heterocycles. The third-order valence-electron chi connectivity index (χ3n) is 5.15. The summed E-state index contributed by atoms with van der Waals surface area (Å²) in [5.41, 5.74) is 2.22. The van der Waals surface area contributed by atoms with Gasteiger partial charge < -0.3 is 15.1 Å². The van der Waals surface area contributed by atoms with Crippen molar-refractivity contribution in [1.29, 1.82) is 0 Å². The first kappa shape index (κ1) is 18.2. The Morgan fingerprint density at radius 2 is 2.12 bits per heavy atom. The standard InChI is InChI=1S/C19H27N5O2/c1-3-5-15-6-12-24(18(25)21-17(15)4-2)16-7-10-22(11-8-16)19(26)23-13-9-20-14-23/h3,5,9,13-14,16H,4,6-8,10-12H2,1-2H3,(H,21,25)/b5-3-. The molecular weight excluding hydrogens is 330 g/mol. The highest BCUT2D eigenvalue weighted by Gasteiger charge is 2.31. The Morgan fingerprint density at radius 3 is 2.73 bits per heavy atom. The van der Waals surface area contributed by atoms with Crippen LogP contribution in [0.2, 0.25) is 0 Å². The van der Waals surface area contributed by atoms with Crippen molar-refractivity contribution in [1.82, 2.24) is 24.7 Å². The van der Waals surface area contributed by atoms with Gasteiger partial charge >= 0.3 is 12.1 Å². The molecular formula is C19H27N5O2. The van der Waals surface area contributed by atoms with Crippen LogP contribution in [0.4, 0.5) is 9.59 Å². The van der Waals surface area contributed by atoms with E-state index in [9.17, 15) is 9.59 Å². The second-order valence-electron chi connectivity index (χ2n) is 6.70. The van der Waals surface area contributed by atoms with Gasteiger partial charge in [-0.15, -0.1) is 0 Å². The number of hydrogen-bond donors (Lipinski definition) is 1. The Balaban J connectivity index is 1.61. The summed E-state index contributed by atoms with van der Waals surface area (Å²) in [6.45, 7) is 6.09. The van der Waals surface area contributed by atoms with Crippen LogP contribution in [0.3, 0.4) is 0 Å². The molecule has 3 amide bonds. The number of allylic oxidation sites excluding steroid dienone is 3. The second-order valence-corrected chi connectivity index (χ2v) is 6.70. The number of carbonyl (C=O) groups is 2. The Hall–Kier alpha value is -2.57. The van der Waals surface area contributed by atoms with Gasteiger partial charge in [-0.25, -0.2) is 14.6 Å². The van der Waals surface area contributed by atoms with Crippen molar-refractivity contribution in [2.24, 2.45) is 0 Å². The molecule has 0 spiro atoms. The lowest BCUT2D eigenvalue weighted by molar-refractivity contribution is 0.130. The van der Waals surface area contributed by atoms with Crippen LogP contribution in [0.5, 0.6) is 0 Å². The Labute approximate surface area is 154 Å². The van der Waals surface area contributed by atoms with Gasteiger partial charge in [0.2, 0.25) is 0 Å². The third-order valence-corrected chi connectivity index (χ3v) is 5.15.